The molecule has 0 unspecified atom stereocenters. The van der Waals surface area contributed by atoms with Gasteiger partial charge in [-0.25, -0.2) is 13.8 Å². The first-order chi connectivity index (χ1) is 16.9. The lowest BCUT2D eigenvalue weighted by Gasteiger charge is -2.44. The molecule has 5 rings (SSSR count). The first kappa shape index (κ1) is 25.3. The molecular weight excluding hydrogens is 476 g/mol. The zero-order chi connectivity index (χ0) is 26.4. The number of halogens is 2. The van der Waals surface area contributed by atoms with E-state index in [2.05, 4.69) is 10.3 Å². The predicted octanol–water partition coefficient (Wildman–Crippen LogP) is 1.06. The van der Waals surface area contributed by atoms with Crippen LogP contribution < -0.4 is 10.9 Å². The molecule has 12 heteroatoms. The van der Waals surface area contributed by atoms with Crippen LogP contribution in [0.4, 0.5) is 8.78 Å². The van der Waals surface area contributed by atoms with Crippen molar-refractivity contribution in [2.75, 3.05) is 21.1 Å². The predicted molar refractivity (Wildman–Crippen MR) is 123 cm³/mol. The minimum Gasteiger partial charge on any atom is -0.501 e. The Morgan fingerprint density at radius 1 is 1.08 bits per heavy atom. The largest absolute Gasteiger partial charge is 0.501 e. The number of aromatic hydroxyl groups is 1. The maximum atomic E-state index is 15.6. The lowest BCUT2D eigenvalue weighted by atomic mass is 9.75. The van der Waals surface area contributed by atoms with Crippen molar-refractivity contribution in [3.8, 4) is 5.75 Å². The number of aromatic nitrogens is 2. The summed E-state index contributed by atoms with van der Waals surface area (Å²) in [7, 11) is 4.23. The molecule has 1 saturated carbocycles. The van der Waals surface area contributed by atoms with Crippen LogP contribution in [0.1, 0.15) is 47.6 Å². The molecular formula is C24H27F2N5O5. The van der Waals surface area contributed by atoms with Crippen molar-refractivity contribution in [2.24, 2.45) is 0 Å². The first-order valence-electron chi connectivity index (χ1n) is 11.4. The molecule has 2 aromatic rings. The van der Waals surface area contributed by atoms with Crippen molar-refractivity contribution in [1.82, 2.24) is 24.7 Å². The Hall–Kier alpha value is -3.83. The Bertz CT molecular complexity index is 1280. The van der Waals surface area contributed by atoms with Gasteiger partial charge in [0.2, 0.25) is 5.75 Å². The average molecular weight is 504 g/mol. The summed E-state index contributed by atoms with van der Waals surface area (Å²) in [5.74, 6) is -4.01. The van der Waals surface area contributed by atoms with Crippen LogP contribution in [0.3, 0.4) is 0 Å². The van der Waals surface area contributed by atoms with Crippen molar-refractivity contribution < 1.29 is 28.3 Å². The summed E-state index contributed by atoms with van der Waals surface area (Å²) in [5.41, 5.74) is -4.13. The molecule has 2 aliphatic heterocycles. The van der Waals surface area contributed by atoms with Gasteiger partial charge < -0.3 is 20.2 Å². The van der Waals surface area contributed by atoms with E-state index in [-0.39, 0.29) is 38.1 Å². The Labute approximate surface area is 205 Å². The van der Waals surface area contributed by atoms with E-state index in [1.807, 2.05) is 0 Å². The number of benzene rings is 1. The number of hydrogen-bond donors (Lipinski definition) is 2. The summed E-state index contributed by atoms with van der Waals surface area (Å²) in [6, 6.07) is 5.37. The quantitative estimate of drug-likeness (QED) is 0.601. The van der Waals surface area contributed by atoms with Gasteiger partial charge in [0.05, 0.1) is 6.54 Å². The van der Waals surface area contributed by atoms with Gasteiger partial charge in [0.15, 0.2) is 5.69 Å². The molecule has 0 saturated heterocycles. The Morgan fingerprint density at radius 3 is 2.28 bits per heavy atom. The first-order valence-corrected chi connectivity index (χ1v) is 11.4. The zero-order valence-electron chi connectivity index (χ0n) is 20.2. The highest BCUT2D eigenvalue weighted by Gasteiger charge is 2.55. The number of alkyl halides is 1. The summed E-state index contributed by atoms with van der Waals surface area (Å²) in [6.07, 6.45) is 0.132. The van der Waals surface area contributed by atoms with Crippen molar-refractivity contribution >= 4 is 17.7 Å². The highest BCUT2D eigenvalue weighted by Crippen LogP contribution is 2.49. The second-order valence-electron chi connectivity index (χ2n) is 9.58. The molecule has 3 heterocycles. The number of amides is 3. The molecule has 0 spiro atoms. The third-order valence-corrected chi connectivity index (χ3v) is 7.09. The normalized spacial score (nSPS) is 22.4. The van der Waals surface area contributed by atoms with Crippen LogP contribution in [-0.2, 0) is 28.2 Å². The van der Waals surface area contributed by atoms with Gasteiger partial charge in [-0.1, -0.05) is 12.1 Å². The number of fused-ring (bicyclic) bond motifs is 2. The minimum absolute atomic E-state index is 0.00354. The van der Waals surface area contributed by atoms with Crippen molar-refractivity contribution in [3.05, 3.63) is 57.5 Å². The zero-order valence-corrected chi connectivity index (χ0v) is 20.2. The molecule has 1 aliphatic carbocycles. The van der Waals surface area contributed by atoms with E-state index in [4.69, 9.17) is 0 Å². The molecule has 10 nitrogen and oxygen atoms in total. The van der Waals surface area contributed by atoms with Crippen molar-refractivity contribution in [1.29, 1.82) is 0 Å². The molecule has 192 valence electrons. The molecule has 36 heavy (non-hydrogen) atoms. The molecule has 0 radical (unpaired) electrons. The standard InChI is InChI=1S/C24H27F2N5O5/c1-29(2)20(35)21(36)30(3)24-10-8-23(26,9-11-24)13-31-19(34)17(32)16(28-22(24)31)18(33)27-12-14-4-6-15(25)7-5-14/h4-7,32H,8-13H2,1-3H3,(H,27,33). The third kappa shape index (κ3) is 4.20. The van der Waals surface area contributed by atoms with Crippen LogP contribution in [0, 0.1) is 5.82 Å². The minimum atomic E-state index is -1.77. The smallest absolute Gasteiger partial charge is 0.312 e. The maximum Gasteiger partial charge on any atom is 0.312 e. The maximum absolute atomic E-state index is 15.6. The fourth-order valence-electron chi connectivity index (χ4n) is 4.86. The Morgan fingerprint density at radius 2 is 1.69 bits per heavy atom. The van der Waals surface area contributed by atoms with E-state index in [9.17, 15) is 28.7 Å². The molecule has 3 amide bonds. The van der Waals surface area contributed by atoms with E-state index in [0.717, 1.165) is 14.4 Å². The van der Waals surface area contributed by atoms with Crippen LogP contribution in [0.5, 0.6) is 5.75 Å². The highest BCUT2D eigenvalue weighted by molar-refractivity contribution is 6.34. The molecule has 2 N–H and O–H groups in total. The summed E-state index contributed by atoms with van der Waals surface area (Å²) < 4.78 is 29.7. The Balaban J connectivity index is 1.77. The van der Waals surface area contributed by atoms with Gasteiger partial charge in [0.25, 0.3) is 11.5 Å². The molecule has 2 bridgehead atoms. The van der Waals surface area contributed by atoms with Gasteiger partial charge in [-0.3, -0.25) is 23.7 Å². The molecule has 3 aliphatic rings. The lowest BCUT2D eigenvalue weighted by Crippen LogP contribution is -2.54. The molecule has 1 fully saturated rings. The monoisotopic (exact) mass is 503 g/mol. The van der Waals surface area contributed by atoms with Crippen molar-refractivity contribution in [3.63, 3.8) is 0 Å². The number of nitrogens with one attached hydrogen (secondary N) is 1. The van der Waals surface area contributed by atoms with Gasteiger partial charge in [0, 0.05) is 27.7 Å². The van der Waals surface area contributed by atoms with Crippen LogP contribution in [0.25, 0.3) is 0 Å². The van der Waals surface area contributed by atoms with E-state index in [1.165, 1.54) is 45.4 Å². The van der Waals surface area contributed by atoms with Crippen LogP contribution in [-0.4, -0.2) is 69.0 Å². The molecule has 1 aromatic carbocycles. The second kappa shape index (κ2) is 8.99. The summed E-state index contributed by atoms with van der Waals surface area (Å²) in [4.78, 5) is 58.1. The van der Waals surface area contributed by atoms with Gasteiger partial charge in [-0.05, 0) is 43.4 Å². The summed E-state index contributed by atoms with van der Waals surface area (Å²) >= 11 is 0. The van der Waals surface area contributed by atoms with E-state index in [1.54, 1.807) is 0 Å². The number of carbonyl (C=O) groups excluding carboxylic acids is 3. The number of nitrogens with zero attached hydrogens (tertiary/aromatic N) is 4. The SMILES string of the molecule is CN(C)C(=O)C(=O)N(C)C12CCC(F)(CC1)Cn1c2nc(C(=O)NCc2ccc(F)cc2)c(O)c1=O. The Kier molecular flexibility index (Phi) is 6.31. The number of hydrogen-bond acceptors (Lipinski definition) is 6. The third-order valence-electron chi connectivity index (χ3n) is 7.09. The number of carbonyl (C=O) groups is 3. The lowest BCUT2D eigenvalue weighted by molar-refractivity contribution is -0.155. The van der Waals surface area contributed by atoms with Crippen LogP contribution in [0.15, 0.2) is 29.1 Å². The van der Waals surface area contributed by atoms with E-state index < -0.39 is 58.3 Å². The van der Waals surface area contributed by atoms with Gasteiger partial charge in [-0.2, -0.15) is 0 Å². The van der Waals surface area contributed by atoms with Crippen molar-refractivity contribution in [2.45, 2.75) is 50.0 Å². The fourth-order valence-corrected chi connectivity index (χ4v) is 4.86. The number of rotatable bonds is 4. The van der Waals surface area contributed by atoms with Crippen LogP contribution >= 0.6 is 0 Å². The average Bonchev–Trinajstić information content (AvgIpc) is 3.06. The highest BCUT2D eigenvalue weighted by atomic mass is 19.1. The van der Waals surface area contributed by atoms with E-state index in [0.29, 0.717) is 5.56 Å². The molecule has 0 atom stereocenters. The second-order valence-corrected chi connectivity index (χ2v) is 9.58. The number of likely N-dealkylation sites (N-methyl/N-ethyl adjacent to an activating group) is 2. The molecule has 1 aromatic heterocycles. The van der Waals surface area contributed by atoms with Gasteiger partial charge in [-0.15, -0.1) is 0 Å². The summed E-state index contributed by atoms with van der Waals surface area (Å²) in [6.45, 7) is -0.433. The summed E-state index contributed by atoms with van der Waals surface area (Å²) in [5, 5.41) is 13.1. The van der Waals surface area contributed by atoms with Gasteiger partial charge in [0.1, 0.15) is 22.8 Å². The van der Waals surface area contributed by atoms with Gasteiger partial charge >= 0.3 is 11.8 Å². The van der Waals surface area contributed by atoms with Crippen LogP contribution in [0.2, 0.25) is 0 Å². The topological polar surface area (TPSA) is 125 Å². The fraction of sp³-hybridized carbons (Fsp3) is 0.458. The van der Waals surface area contributed by atoms with E-state index >= 15 is 4.39 Å².